The first-order valence-electron chi connectivity index (χ1n) is 15.3. The lowest BCUT2D eigenvalue weighted by Gasteiger charge is -2.09. The number of rotatable bonds is 4. The van der Waals surface area contributed by atoms with E-state index in [-0.39, 0.29) is 0 Å². The van der Waals surface area contributed by atoms with E-state index in [1.165, 1.54) is 0 Å². The standard InChI is InChI=1S/C40H22N4O3/c1-3-11-23(12-4-1)37-42-38(24-13-5-2-6-14-24)44-39(43-37)26-16-9-19-32-36(26)28-21-34-29(22-33(28)46-32)41-40(47-34)27-17-10-20-31-35(27)25-15-7-8-18-30(25)45-31/h1-22H. The van der Waals surface area contributed by atoms with Gasteiger partial charge in [-0.2, -0.15) is 0 Å². The molecular formula is C40H22N4O3. The smallest absolute Gasteiger partial charge is 0.228 e. The van der Waals surface area contributed by atoms with E-state index >= 15 is 0 Å². The molecule has 4 heterocycles. The van der Waals surface area contributed by atoms with Crippen molar-refractivity contribution in [2.75, 3.05) is 0 Å². The van der Waals surface area contributed by atoms with Gasteiger partial charge in [0.1, 0.15) is 27.8 Å². The van der Waals surface area contributed by atoms with Crippen LogP contribution in [0.1, 0.15) is 0 Å². The Hall–Kier alpha value is -6.60. The van der Waals surface area contributed by atoms with Crippen molar-refractivity contribution in [2.24, 2.45) is 0 Å². The van der Waals surface area contributed by atoms with Crippen LogP contribution in [0.4, 0.5) is 0 Å². The molecule has 0 spiro atoms. The molecule has 10 rings (SSSR count). The van der Waals surface area contributed by atoms with Crippen molar-refractivity contribution in [3.05, 3.63) is 133 Å². The van der Waals surface area contributed by atoms with Gasteiger partial charge in [-0.15, -0.1) is 0 Å². The molecule has 220 valence electrons. The van der Waals surface area contributed by atoms with Crippen molar-refractivity contribution in [3.63, 3.8) is 0 Å². The molecule has 0 amide bonds. The first-order chi connectivity index (χ1) is 23.3. The fourth-order valence-corrected chi connectivity index (χ4v) is 6.43. The molecule has 47 heavy (non-hydrogen) atoms. The van der Waals surface area contributed by atoms with Gasteiger partial charge in [0, 0.05) is 49.9 Å². The Bertz CT molecular complexity index is 2740. The molecular weight excluding hydrogens is 584 g/mol. The molecule has 7 nitrogen and oxygen atoms in total. The Morgan fingerprint density at radius 2 is 0.936 bits per heavy atom. The minimum absolute atomic E-state index is 0.520. The van der Waals surface area contributed by atoms with Crippen molar-refractivity contribution >= 4 is 55.0 Å². The van der Waals surface area contributed by atoms with E-state index in [1.807, 2.05) is 127 Å². The third-order valence-electron chi connectivity index (χ3n) is 8.58. The maximum absolute atomic E-state index is 6.47. The van der Waals surface area contributed by atoms with E-state index in [2.05, 4.69) is 6.07 Å². The van der Waals surface area contributed by atoms with Crippen LogP contribution in [0.15, 0.2) is 147 Å². The maximum atomic E-state index is 6.47. The summed E-state index contributed by atoms with van der Waals surface area (Å²) in [5, 5.41) is 3.78. The number of nitrogens with zero attached hydrogens (tertiary/aromatic N) is 4. The Kier molecular flexibility index (Phi) is 5.44. The zero-order valence-corrected chi connectivity index (χ0v) is 24.7. The molecule has 6 aromatic carbocycles. The van der Waals surface area contributed by atoms with Gasteiger partial charge in [-0.1, -0.05) is 97.1 Å². The highest BCUT2D eigenvalue weighted by atomic mass is 16.4. The van der Waals surface area contributed by atoms with Crippen LogP contribution < -0.4 is 0 Å². The number of fused-ring (bicyclic) bond motifs is 7. The average molecular weight is 607 g/mol. The topological polar surface area (TPSA) is 91.0 Å². The minimum atomic E-state index is 0.520. The van der Waals surface area contributed by atoms with Crippen molar-refractivity contribution in [1.82, 2.24) is 19.9 Å². The van der Waals surface area contributed by atoms with Gasteiger partial charge in [-0.25, -0.2) is 19.9 Å². The van der Waals surface area contributed by atoms with E-state index in [9.17, 15) is 0 Å². The fraction of sp³-hybridized carbons (Fsp3) is 0. The summed E-state index contributed by atoms with van der Waals surface area (Å²) in [4.78, 5) is 19.7. The van der Waals surface area contributed by atoms with Crippen molar-refractivity contribution in [3.8, 4) is 45.6 Å². The lowest BCUT2D eigenvalue weighted by atomic mass is 10.0. The third-order valence-corrected chi connectivity index (χ3v) is 8.58. The third kappa shape index (κ3) is 4.07. The summed E-state index contributed by atoms with van der Waals surface area (Å²) in [6.07, 6.45) is 0. The molecule has 0 bridgehead atoms. The number of aromatic nitrogens is 4. The van der Waals surface area contributed by atoms with E-state index < -0.39 is 0 Å². The van der Waals surface area contributed by atoms with Gasteiger partial charge in [0.25, 0.3) is 0 Å². The number of benzene rings is 6. The van der Waals surface area contributed by atoms with Crippen molar-refractivity contribution in [1.29, 1.82) is 0 Å². The Morgan fingerprint density at radius 3 is 1.66 bits per heavy atom. The zero-order chi connectivity index (χ0) is 30.9. The lowest BCUT2D eigenvalue weighted by Crippen LogP contribution is -2.00. The van der Waals surface area contributed by atoms with Crippen LogP contribution in [0, 0.1) is 0 Å². The number of oxazole rings is 1. The lowest BCUT2D eigenvalue weighted by molar-refractivity contribution is 0.620. The number of para-hydroxylation sites is 1. The fourth-order valence-electron chi connectivity index (χ4n) is 6.43. The van der Waals surface area contributed by atoms with Crippen LogP contribution >= 0.6 is 0 Å². The molecule has 0 saturated heterocycles. The highest BCUT2D eigenvalue weighted by Gasteiger charge is 2.21. The van der Waals surface area contributed by atoms with Crippen LogP contribution in [0.5, 0.6) is 0 Å². The maximum Gasteiger partial charge on any atom is 0.228 e. The second-order valence-electron chi connectivity index (χ2n) is 11.4. The molecule has 0 atom stereocenters. The van der Waals surface area contributed by atoms with E-state index in [0.717, 1.165) is 60.5 Å². The zero-order valence-electron chi connectivity index (χ0n) is 24.7. The number of hydrogen-bond acceptors (Lipinski definition) is 7. The van der Waals surface area contributed by atoms with Crippen LogP contribution in [0.3, 0.4) is 0 Å². The average Bonchev–Trinajstić information content (AvgIpc) is 3.83. The van der Waals surface area contributed by atoms with Gasteiger partial charge in [0.05, 0.1) is 0 Å². The Labute approximate surface area is 266 Å². The largest absolute Gasteiger partial charge is 0.456 e. The first-order valence-corrected chi connectivity index (χ1v) is 15.3. The van der Waals surface area contributed by atoms with Crippen LogP contribution in [-0.2, 0) is 0 Å². The number of furan rings is 2. The normalized spacial score (nSPS) is 11.8. The van der Waals surface area contributed by atoms with E-state index in [1.54, 1.807) is 0 Å². The molecule has 0 radical (unpaired) electrons. The van der Waals surface area contributed by atoms with E-state index in [0.29, 0.717) is 40.0 Å². The monoisotopic (exact) mass is 606 g/mol. The van der Waals surface area contributed by atoms with Gasteiger partial charge in [0.2, 0.25) is 5.89 Å². The summed E-state index contributed by atoms with van der Waals surface area (Å²) in [7, 11) is 0. The minimum Gasteiger partial charge on any atom is -0.456 e. The molecule has 4 aromatic heterocycles. The highest BCUT2D eigenvalue weighted by Crippen LogP contribution is 2.41. The van der Waals surface area contributed by atoms with Crippen molar-refractivity contribution in [2.45, 2.75) is 0 Å². The molecule has 0 aliphatic heterocycles. The van der Waals surface area contributed by atoms with Gasteiger partial charge in [-0.3, -0.25) is 0 Å². The second-order valence-corrected chi connectivity index (χ2v) is 11.4. The van der Waals surface area contributed by atoms with Crippen LogP contribution in [0.2, 0.25) is 0 Å². The first kappa shape index (κ1) is 25.7. The SMILES string of the molecule is c1ccc(-c2nc(-c3ccccc3)nc(-c3cccc4oc5cc6nc(-c7cccc8oc9ccccc9c78)oc6cc5c34)n2)cc1. The van der Waals surface area contributed by atoms with Gasteiger partial charge < -0.3 is 13.3 Å². The number of hydrogen-bond donors (Lipinski definition) is 0. The molecule has 10 aromatic rings. The highest BCUT2D eigenvalue weighted by molar-refractivity contribution is 6.15. The summed E-state index contributed by atoms with van der Waals surface area (Å²) < 4.78 is 19.0. The predicted molar refractivity (Wildman–Crippen MR) is 184 cm³/mol. The summed E-state index contributed by atoms with van der Waals surface area (Å²) >= 11 is 0. The summed E-state index contributed by atoms with van der Waals surface area (Å²) in [6, 6.07) is 43.8. The van der Waals surface area contributed by atoms with Crippen LogP contribution in [-0.4, -0.2) is 19.9 Å². The quantitative estimate of drug-likeness (QED) is 0.197. The summed E-state index contributed by atoms with van der Waals surface area (Å²) in [6.45, 7) is 0. The van der Waals surface area contributed by atoms with Crippen LogP contribution in [0.25, 0.3) is 101 Å². The Morgan fingerprint density at radius 1 is 0.362 bits per heavy atom. The molecule has 0 N–H and O–H groups in total. The molecule has 0 unspecified atom stereocenters. The van der Waals surface area contributed by atoms with Gasteiger partial charge in [0.15, 0.2) is 23.1 Å². The molecule has 0 aliphatic carbocycles. The van der Waals surface area contributed by atoms with Crippen molar-refractivity contribution < 1.29 is 13.3 Å². The van der Waals surface area contributed by atoms with Gasteiger partial charge in [-0.05, 0) is 30.3 Å². The molecule has 7 heteroatoms. The van der Waals surface area contributed by atoms with E-state index in [4.69, 9.17) is 33.2 Å². The predicted octanol–water partition coefficient (Wildman–Crippen LogP) is 10.5. The molecule has 0 saturated carbocycles. The molecule has 0 aliphatic rings. The summed E-state index contributed by atoms with van der Waals surface area (Å²) in [5.74, 6) is 2.28. The molecule has 0 fully saturated rings. The van der Waals surface area contributed by atoms with Gasteiger partial charge >= 0.3 is 0 Å². The summed E-state index contributed by atoms with van der Waals surface area (Å²) in [5.41, 5.74) is 7.93. The second kappa shape index (κ2) is 9.95. The Balaban J connectivity index is 1.18.